The molecule has 0 bridgehead atoms. The van der Waals surface area contributed by atoms with Gasteiger partial charge in [-0.25, -0.2) is 4.68 Å². The Hall–Kier alpha value is -2.30. The smallest absolute Gasteiger partial charge is 0.269 e. The summed E-state index contributed by atoms with van der Waals surface area (Å²) < 4.78 is 3.16. The van der Waals surface area contributed by atoms with E-state index in [1.807, 2.05) is 43.1 Å². The molecule has 0 aliphatic carbocycles. The van der Waals surface area contributed by atoms with Crippen molar-refractivity contribution in [3.63, 3.8) is 0 Å². The molecule has 0 spiro atoms. The Morgan fingerprint density at radius 3 is 2.63 bits per heavy atom. The van der Waals surface area contributed by atoms with Crippen LogP contribution in [0.5, 0.6) is 0 Å². The molecule has 100 valence electrons. The van der Waals surface area contributed by atoms with E-state index in [1.54, 1.807) is 6.92 Å². The van der Waals surface area contributed by atoms with Gasteiger partial charge in [-0.15, -0.1) is 0 Å². The van der Waals surface area contributed by atoms with Gasteiger partial charge in [0.25, 0.3) is 5.56 Å². The first kappa shape index (κ1) is 13.1. The van der Waals surface area contributed by atoms with Crippen molar-refractivity contribution >= 4 is 5.91 Å². The van der Waals surface area contributed by atoms with Crippen molar-refractivity contribution in [2.75, 3.05) is 5.43 Å². The van der Waals surface area contributed by atoms with E-state index in [4.69, 9.17) is 0 Å². The lowest BCUT2D eigenvalue weighted by atomic mass is 10.2. The van der Waals surface area contributed by atoms with Crippen LogP contribution in [0.15, 0.2) is 35.4 Å². The highest BCUT2D eigenvalue weighted by Crippen LogP contribution is 2.02. The number of hydrogen-bond donors (Lipinski definition) is 1. The van der Waals surface area contributed by atoms with Gasteiger partial charge in [0.15, 0.2) is 0 Å². The molecule has 0 radical (unpaired) electrons. The number of rotatable bonds is 3. The van der Waals surface area contributed by atoms with Crippen molar-refractivity contribution in [2.24, 2.45) is 7.05 Å². The molecule has 2 aromatic heterocycles. The molecule has 1 amide bonds. The molecule has 5 nitrogen and oxygen atoms in total. The SMILES string of the molecule is Cc1cc(C)n(NC(=O)Cc2ccn(C)c2)c(=O)c1. The average molecular weight is 259 g/mol. The first-order chi connectivity index (χ1) is 8.95. The fourth-order valence-electron chi connectivity index (χ4n) is 2.03. The van der Waals surface area contributed by atoms with Crippen LogP contribution in [0.4, 0.5) is 0 Å². The number of aromatic nitrogens is 2. The Balaban J connectivity index is 2.13. The zero-order valence-corrected chi connectivity index (χ0v) is 11.3. The normalized spacial score (nSPS) is 10.5. The predicted octanol–water partition coefficient (Wildman–Crippen LogP) is 1.12. The van der Waals surface area contributed by atoms with Crippen molar-refractivity contribution in [3.05, 3.63) is 57.8 Å². The molecule has 0 saturated carbocycles. The maximum Gasteiger partial charge on any atom is 0.269 e. The van der Waals surface area contributed by atoms with Gasteiger partial charge in [-0.05, 0) is 37.1 Å². The molecule has 1 N–H and O–H groups in total. The topological polar surface area (TPSA) is 56.0 Å². The number of carbonyl (C=O) groups excluding carboxylic acids is 1. The minimum Gasteiger partial charge on any atom is -0.357 e. The van der Waals surface area contributed by atoms with Gasteiger partial charge in [0.1, 0.15) is 0 Å². The number of nitrogens with one attached hydrogen (secondary N) is 1. The van der Waals surface area contributed by atoms with Gasteiger partial charge in [0, 0.05) is 31.2 Å². The van der Waals surface area contributed by atoms with Crippen LogP contribution >= 0.6 is 0 Å². The lowest BCUT2D eigenvalue weighted by Crippen LogP contribution is -2.35. The van der Waals surface area contributed by atoms with Crippen molar-refractivity contribution < 1.29 is 4.79 Å². The quantitative estimate of drug-likeness (QED) is 0.898. The lowest BCUT2D eigenvalue weighted by molar-refractivity contribution is -0.116. The molecule has 0 aliphatic rings. The monoisotopic (exact) mass is 259 g/mol. The standard InChI is InChI=1S/C14H17N3O2/c1-10-6-11(2)17(14(19)7-10)15-13(18)8-12-4-5-16(3)9-12/h4-7,9H,8H2,1-3H3,(H,15,18). The van der Waals surface area contributed by atoms with Gasteiger partial charge in [-0.3, -0.25) is 15.0 Å². The Morgan fingerprint density at radius 2 is 2.05 bits per heavy atom. The second-order valence-electron chi connectivity index (χ2n) is 4.74. The van der Waals surface area contributed by atoms with Crippen molar-refractivity contribution in [1.29, 1.82) is 0 Å². The van der Waals surface area contributed by atoms with Gasteiger partial charge in [0.05, 0.1) is 6.42 Å². The zero-order chi connectivity index (χ0) is 14.0. The minimum absolute atomic E-state index is 0.208. The van der Waals surface area contributed by atoms with Gasteiger partial charge in [-0.2, -0.15) is 0 Å². The molecule has 19 heavy (non-hydrogen) atoms. The average Bonchev–Trinajstić information content (AvgIpc) is 2.69. The second kappa shape index (κ2) is 5.14. The Labute approximate surface area is 111 Å². The summed E-state index contributed by atoms with van der Waals surface area (Å²) in [5.41, 5.74) is 4.91. The second-order valence-corrected chi connectivity index (χ2v) is 4.74. The van der Waals surface area contributed by atoms with E-state index >= 15 is 0 Å². The highest BCUT2D eigenvalue weighted by molar-refractivity contribution is 5.85. The third kappa shape index (κ3) is 3.13. The first-order valence-electron chi connectivity index (χ1n) is 6.07. The summed E-state index contributed by atoms with van der Waals surface area (Å²) in [6.45, 7) is 3.64. The van der Waals surface area contributed by atoms with Crippen LogP contribution in [0.1, 0.15) is 16.8 Å². The molecule has 0 atom stereocenters. The number of aryl methyl sites for hydroxylation is 3. The molecule has 0 aromatic carbocycles. The highest BCUT2D eigenvalue weighted by Gasteiger charge is 2.08. The van der Waals surface area contributed by atoms with Gasteiger partial charge >= 0.3 is 0 Å². The van der Waals surface area contributed by atoms with Gasteiger partial charge in [0.2, 0.25) is 5.91 Å². The van der Waals surface area contributed by atoms with Crippen LogP contribution < -0.4 is 11.0 Å². The highest BCUT2D eigenvalue weighted by atomic mass is 16.2. The molecule has 2 aromatic rings. The van der Waals surface area contributed by atoms with Crippen molar-refractivity contribution in [1.82, 2.24) is 9.24 Å². The van der Waals surface area contributed by atoms with E-state index in [1.165, 1.54) is 10.7 Å². The molecular formula is C14H17N3O2. The molecule has 5 heteroatoms. The Bertz CT molecular complexity index is 668. The van der Waals surface area contributed by atoms with E-state index in [0.29, 0.717) is 5.69 Å². The molecule has 2 rings (SSSR count). The van der Waals surface area contributed by atoms with Crippen LogP contribution in [0.25, 0.3) is 0 Å². The Morgan fingerprint density at radius 1 is 1.32 bits per heavy atom. The summed E-state index contributed by atoms with van der Waals surface area (Å²) >= 11 is 0. The summed E-state index contributed by atoms with van der Waals surface area (Å²) in [4.78, 5) is 23.7. The van der Waals surface area contributed by atoms with E-state index in [2.05, 4.69) is 5.43 Å². The lowest BCUT2D eigenvalue weighted by Gasteiger charge is -2.11. The van der Waals surface area contributed by atoms with E-state index in [9.17, 15) is 9.59 Å². The van der Waals surface area contributed by atoms with Crippen LogP contribution in [0.3, 0.4) is 0 Å². The summed E-state index contributed by atoms with van der Waals surface area (Å²) in [6, 6.07) is 5.23. The fourth-order valence-corrected chi connectivity index (χ4v) is 2.03. The van der Waals surface area contributed by atoms with Crippen LogP contribution in [0, 0.1) is 13.8 Å². The summed E-state index contributed by atoms with van der Waals surface area (Å²) in [5.74, 6) is -0.208. The maximum absolute atomic E-state index is 11.9. The third-order valence-electron chi connectivity index (χ3n) is 2.86. The molecule has 0 fully saturated rings. The van der Waals surface area contributed by atoms with Gasteiger partial charge in [-0.1, -0.05) is 0 Å². The van der Waals surface area contributed by atoms with Crippen molar-refractivity contribution in [3.8, 4) is 0 Å². The van der Waals surface area contributed by atoms with Crippen LogP contribution in [-0.2, 0) is 18.3 Å². The number of pyridine rings is 1. The molecule has 0 saturated heterocycles. The molecular weight excluding hydrogens is 242 g/mol. The van der Waals surface area contributed by atoms with E-state index < -0.39 is 0 Å². The molecule has 2 heterocycles. The number of hydrogen-bond acceptors (Lipinski definition) is 2. The minimum atomic E-state index is -0.223. The molecule has 0 aliphatic heterocycles. The molecule has 0 unspecified atom stereocenters. The van der Waals surface area contributed by atoms with E-state index in [-0.39, 0.29) is 17.9 Å². The Kier molecular flexibility index (Phi) is 3.55. The van der Waals surface area contributed by atoms with Gasteiger partial charge < -0.3 is 4.57 Å². The fraction of sp³-hybridized carbons (Fsp3) is 0.286. The maximum atomic E-state index is 11.9. The predicted molar refractivity (Wildman–Crippen MR) is 73.7 cm³/mol. The number of carbonyl (C=O) groups is 1. The number of amides is 1. The van der Waals surface area contributed by atoms with Crippen LogP contribution in [0.2, 0.25) is 0 Å². The van der Waals surface area contributed by atoms with Crippen LogP contribution in [-0.4, -0.2) is 15.2 Å². The first-order valence-corrected chi connectivity index (χ1v) is 6.07. The number of nitrogens with zero attached hydrogens (tertiary/aromatic N) is 2. The largest absolute Gasteiger partial charge is 0.357 e. The summed E-state index contributed by atoms with van der Waals surface area (Å²) in [5, 5.41) is 0. The summed E-state index contributed by atoms with van der Waals surface area (Å²) in [7, 11) is 1.90. The third-order valence-corrected chi connectivity index (χ3v) is 2.86. The zero-order valence-electron chi connectivity index (χ0n) is 11.3. The van der Waals surface area contributed by atoms with E-state index in [0.717, 1.165) is 11.1 Å². The summed E-state index contributed by atoms with van der Waals surface area (Å²) in [6.07, 6.45) is 4.01. The van der Waals surface area contributed by atoms with Crippen molar-refractivity contribution in [2.45, 2.75) is 20.3 Å².